The maximum Gasteiger partial charge on any atom is 0.307 e. The van der Waals surface area contributed by atoms with Crippen LogP contribution in [-0.2, 0) is 22.5 Å². The van der Waals surface area contributed by atoms with Crippen molar-refractivity contribution in [2.45, 2.75) is 25.4 Å². The first-order valence-electron chi connectivity index (χ1n) is 7.99. The van der Waals surface area contributed by atoms with Crippen molar-refractivity contribution in [1.82, 2.24) is 5.32 Å². The Kier molecular flexibility index (Phi) is 7.03. The van der Waals surface area contributed by atoms with Gasteiger partial charge in [-0.05, 0) is 35.7 Å². The third-order valence-electron chi connectivity index (χ3n) is 3.95. The van der Waals surface area contributed by atoms with Gasteiger partial charge in [-0.2, -0.15) is 0 Å². The molecule has 2 aromatic rings. The van der Waals surface area contributed by atoms with Crippen molar-refractivity contribution in [3.8, 4) is 5.75 Å². The highest BCUT2D eigenvalue weighted by Crippen LogP contribution is 2.17. The second-order valence-electron chi connectivity index (χ2n) is 5.77. The number of carbonyl (C=O) groups is 1. The van der Waals surface area contributed by atoms with E-state index in [1.807, 2.05) is 12.1 Å². The minimum atomic E-state index is -1.25. The molecule has 2 rings (SSSR count). The van der Waals surface area contributed by atoms with Gasteiger partial charge in [-0.3, -0.25) is 4.79 Å². The molecule has 7 heteroatoms. The van der Waals surface area contributed by atoms with Crippen molar-refractivity contribution in [1.29, 1.82) is 0 Å². The van der Waals surface area contributed by atoms with Crippen molar-refractivity contribution < 1.29 is 27.4 Å². The van der Waals surface area contributed by atoms with Crippen LogP contribution in [-0.4, -0.2) is 26.2 Å². The van der Waals surface area contributed by atoms with Gasteiger partial charge in [0.05, 0.1) is 20.6 Å². The van der Waals surface area contributed by atoms with Crippen molar-refractivity contribution in [2.24, 2.45) is 0 Å². The molecule has 0 fully saturated rings. The molecule has 140 valence electrons. The molecule has 0 aliphatic carbocycles. The zero-order valence-corrected chi connectivity index (χ0v) is 14.5. The van der Waals surface area contributed by atoms with Crippen LogP contribution in [0.15, 0.2) is 36.4 Å². The number of methoxy groups -OCH3 is 2. The zero-order valence-electron chi connectivity index (χ0n) is 14.5. The first-order valence-corrected chi connectivity index (χ1v) is 7.99. The molecule has 2 aromatic carbocycles. The Morgan fingerprint density at radius 2 is 1.69 bits per heavy atom. The smallest absolute Gasteiger partial charge is 0.307 e. The van der Waals surface area contributed by atoms with Crippen molar-refractivity contribution in [2.75, 3.05) is 14.2 Å². The van der Waals surface area contributed by atoms with Gasteiger partial charge in [-0.25, -0.2) is 13.2 Å². The fourth-order valence-electron chi connectivity index (χ4n) is 2.49. The van der Waals surface area contributed by atoms with Crippen LogP contribution in [0.5, 0.6) is 5.75 Å². The number of carbonyl (C=O) groups excluding carboxylic acids is 1. The molecule has 26 heavy (non-hydrogen) atoms. The van der Waals surface area contributed by atoms with Crippen LogP contribution in [0.4, 0.5) is 13.2 Å². The summed E-state index contributed by atoms with van der Waals surface area (Å²) in [5.74, 6) is -3.01. The maximum atomic E-state index is 13.9. The lowest BCUT2D eigenvalue weighted by atomic mass is 10.0. The lowest BCUT2D eigenvalue weighted by molar-refractivity contribution is -0.141. The lowest BCUT2D eigenvalue weighted by Gasteiger charge is -2.18. The number of hydrogen-bond acceptors (Lipinski definition) is 4. The minimum Gasteiger partial charge on any atom is -0.497 e. The van der Waals surface area contributed by atoms with Gasteiger partial charge in [0.2, 0.25) is 0 Å². The summed E-state index contributed by atoms with van der Waals surface area (Å²) in [5.41, 5.74) is 0.909. The highest BCUT2D eigenvalue weighted by molar-refractivity contribution is 5.70. The first kappa shape index (κ1) is 19.8. The molecule has 0 aliphatic rings. The second-order valence-corrected chi connectivity index (χ2v) is 5.77. The van der Waals surface area contributed by atoms with Gasteiger partial charge in [0.15, 0.2) is 11.6 Å². The first-order chi connectivity index (χ1) is 12.4. The van der Waals surface area contributed by atoms with Gasteiger partial charge in [0.25, 0.3) is 0 Å². The number of benzene rings is 2. The minimum absolute atomic E-state index is 0.00822. The molecule has 0 spiro atoms. The Hall–Kier alpha value is -2.54. The summed E-state index contributed by atoms with van der Waals surface area (Å²) in [6, 6.07) is 8.08. The fraction of sp³-hybridized carbons (Fsp3) is 0.316. The molecule has 0 bridgehead atoms. The SMILES string of the molecule is COC(=O)CC(Cc1cc(F)c(F)cc1F)NCc1ccc(OC)cc1. The molecular formula is C19H20F3NO3. The number of halogens is 3. The van der Waals surface area contributed by atoms with E-state index in [1.54, 1.807) is 19.2 Å². The van der Waals surface area contributed by atoms with Crippen molar-refractivity contribution in [3.63, 3.8) is 0 Å². The molecule has 4 nitrogen and oxygen atoms in total. The normalized spacial score (nSPS) is 11.9. The van der Waals surface area contributed by atoms with Gasteiger partial charge in [0.1, 0.15) is 11.6 Å². The van der Waals surface area contributed by atoms with Crippen molar-refractivity contribution >= 4 is 5.97 Å². The lowest BCUT2D eigenvalue weighted by Crippen LogP contribution is -2.33. The molecule has 0 radical (unpaired) electrons. The van der Waals surface area contributed by atoms with Gasteiger partial charge in [-0.1, -0.05) is 12.1 Å². The predicted octanol–water partition coefficient (Wildman–Crippen LogP) is 3.38. The third kappa shape index (κ3) is 5.49. The van der Waals surface area contributed by atoms with E-state index in [1.165, 1.54) is 7.11 Å². The van der Waals surface area contributed by atoms with E-state index in [0.29, 0.717) is 18.4 Å². The number of hydrogen-bond donors (Lipinski definition) is 1. The fourth-order valence-corrected chi connectivity index (χ4v) is 2.49. The summed E-state index contributed by atoms with van der Waals surface area (Å²) in [6.45, 7) is 0.400. The monoisotopic (exact) mass is 367 g/mol. The number of ether oxygens (including phenoxy) is 2. The summed E-state index contributed by atoms with van der Waals surface area (Å²) in [7, 11) is 2.82. The summed E-state index contributed by atoms with van der Waals surface area (Å²) in [5, 5.41) is 3.12. The standard InChI is InChI=1S/C19H20F3NO3/c1-25-15-5-3-12(4-6-15)11-23-14(9-19(24)26-2)7-13-8-17(21)18(22)10-16(13)20/h3-6,8,10,14,23H,7,9,11H2,1-2H3. The Balaban J connectivity index is 2.09. The summed E-state index contributed by atoms with van der Waals surface area (Å²) < 4.78 is 50.1. The summed E-state index contributed by atoms with van der Waals surface area (Å²) in [4.78, 5) is 11.6. The van der Waals surface area contributed by atoms with Crippen LogP contribution in [0.1, 0.15) is 17.5 Å². The van der Waals surface area contributed by atoms with E-state index in [0.717, 1.165) is 11.6 Å². The van der Waals surface area contributed by atoms with Gasteiger partial charge < -0.3 is 14.8 Å². The molecule has 0 aliphatic heterocycles. The van der Waals surface area contributed by atoms with Crippen LogP contribution in [0.25, 0.3) is 0 Å². The van der Waals surface area contributed by atoms with Crippen LogP contribution in [0.2, 0.25) is 0 Å². The molecule has 0 saturated heterocycles. The van der Waals surface area contributed by atoms with Gasteiger partial charge in [0, 0.05) is 18.7 Å². The van der Waals surface area contributed by atoms with E-state index in [9.17, 15) is 18.0 Å². The topological polar surface area (TPSA) is 47.6 Å². The molecule has 1 atom stereocenters. The third-order valence-corrected chi connectivity index (χ3v) is 3.95. The molecular weight excluding hydrogens is 347 g/mol. The maximum absolute atomic E-state index is 13.9. The molecule has 1 N–H and O–H groups in total. The molecule has 0 aromatic heterocycles. The Bertz CT molecular complexity index is 750. The average molecular weight is 367 g/mol. The Labute approximate surface area is 149 Å². The number of esters is 1. The largest absolute Gasteiger partial charge is 0.497 e. The van der Waals surface area contributed by atoms with Crippen LogP contribution in [0, 0.1) is 17.5 Å². The quantitative estimate of drug-likeness (QED) is 0.574. The average Bonchev–Trinajstić information content (AvgIpc) is 2.64. The molecule has 0 saturated carbocycles. The van der Waals surface area contributed by atoms with Crippen LogP contribution < -0.4 is 10.1 Å². The number of rotatable bonds is 8. The zero-order chi connectivity index (χ0) is 19.1. The summed E-state index contributed by atoms with van der Waals surface area (Å²) >= 11 is 0. The number of nitrogens with one attached hydrogen (secondary N) is 1. The van der Waals surface area contributed by atoms with E-state index in [2.05, 4.69) is 10.1 Å². The Morgan fingerprint density at radius 1 is 1.04 bits per heavy atom. The van der Waals surface area contributed by atoms with Crippen LogP contribution >= 0.6 is 0 Å². The van der Waals surface area contributed by atoms with Crippen LogP contribution in [0.3, 0.4) is 0 Å². The van der Waals surface area contributed by atoms with E-state index in [4.69, 9.17) is 4.74 Å². The highest BCUT2D eigenvalue weighted by Gasteiger charge is 2.18. The van der Waals surface area contributed by atoms with E-state index < -0.39 is 29.5 Å². The van der Waals surface area contributed by atoms with Crippen molar-refractivity contribution in [3.05, 3.63) is 65.0 Å². The Morgan fingerprint density at radius 3 is 2.31 bits per heavy atom. The second kappa shape index (κ2) is 9.24. The molecule has 1 unspecified atom stereocenters. The summed E-state index contributed by atoms with van der Waals surface area (Å²) in [6.07, 6.45) is -0.0284. The predicted molar refractivity (Wildman–Crippen MR) is 90.3 cm³/mol. The molecule has 0 heterocycles. The highest BCUT2D eigenvalue weighted by atomic mass is 19.2. The van der Waals surface area contributed by atoms with Gasteiger partial charge >= 0.3 is 5.97 Å². The van der Waals surface area contributed by atoms with E-state index >= 15 is 0 Å². The van der Waals surface area contributed by atoms with E-state index in [-0.39, 0.29) is 18.4 Å². The van der Waals surface area contributed by atoms with Gasteiger partial charge in [-0.15, -0.1) is 0 Å². The molecule has 0 amide bonds.